The van der Waals surface area contributed by atoms with Gasteiger partial charge in [0.25, 0.3) is 0 Å². The average molecular weight is 1830 g/mol. The first-order valence-electron chi connectivity index (χ1n) is 45.0. The fourth-order valence-corrected chi connectivity index (χ4v) is 21.2. The van der Waals surface area contributed by atoms with E-state index in [0.717, 1.165) is 289 Å². The summed E-state index contributed by atoms with van der Waals surface area (Å²) in [5, 5.41) is 26.4. The van der Waals surface area contributed by atoms with Gasteiger partial charge in [-0.3, -0.25) is 79.6 Å². The molecule has 25 aromatic rings. The van der Waals surface area contributed by atoms with Crippen LogP contribution in [-0.2, 0) is 43.4 Å². The van der Waals surface area contributed by atoms with Gasteiger partial charge in [0.05, 0.1) is 112 Å². The van der Waals surface area contributed by atoms with Crippen molar-refractivity contribution in [2.24, 2.45) is 25.0 Å². The lowest BCUT2D eigenvalue weighted by atomic mass is 9.98. The Morgan fingerprint density at radius 1 is 0.326 bits per heavy atom. The van der Waals surface area contributed by atoms with Crippen LogP contribution in [0.2, 0.25) is 10.2 Å². The van der Waals surface area contributed by atoms with E-state index in [0.29, 0.717) is 18.0 Å². The Balaban J connectivity index is 0.0000000892. The van der Waals surface area contributed by atoms with Gasteiger partial charge in [0.2, 0.25) is 0 Å². The predicted octanol–water partition coefficient (Wildman–Crippen LogP) is 25.3. The highest BCUT2D eigenvalue weighted by Crippen LogP contribution is 2.49. The maximum absolute atomic E-state index is 13.8. The number of aromatic amines is 4. The van der Waals surface area contributed by atoms with Gasteiger partial charge in [-0.15, -0.1) is 0 Å². The van der Waals surface area contributed by atoms with Gasteiger partial charge < -0.3 is 35.3 Å². The van der Waals surface area contributed by atoms with E-state index < -0.39 is 5.97 Å². The number of nitrogen functional groups attached to an aromatic ring is 1. The molecule has 0 radical (unpaired) electrons. The summed E-state index contributed by atoms with van der Waals surface area (Å²) < 4.78 is 15.6. The number of para-hydroxylation sites is 2. The number of pyridine rings is 10. The largest absolute Gasteiger partial charge is 0.480 e. The summed E-state index contributed by atoms with van der Waals surface area (Å²) in [5.41, 5.74) is 41.5. The number of hydrogen-bond donors (Lipinski definition) is 6. The van der Waals surface area contributed by atoms with E-state index in [9.17, 15) is 14.3 Å². The second kappa shape index (κ2) is 32.5. The van der Waals surface area contributed by atoms with Crippen LogP contribution >= 0.6 is 23.2 Å². The summed E-state index contributed by atoms with van der Waals surface area (Å²) in [4.78, 5) is 95.4. The highest BCUT2D eigenvalue weighted by Gasteiger charge is 2.33. The van der Waals surface area contributed by atoms with Crippen LogP contribution in [0.4, 0.5) is 38.5 Å². The summed E-state index contributed by atoms with van der Waals surface area (Å²) in [5.74, 6) is -1.11. The molecule has 20 heterocycles. The lowest BCUT2D eigenvalue weighted by Gasteiger charge is -2.08. The Morgan fingerprint density at radius 2 is 0.638 bits per heavy atom. The smallest absolute Gasteiger partial charge is 0.323 e. The topological polar surface area (TPSA) is 322 Å². The quantitative estimate of drug-likeness (QED) is 0.0639. The number of rotatable bonds is 7. The molecule has 10 aromatic carbocycles. The van der Waals surface area contributed by atoms with Crippen molar-refractivity contribution < 1.29 is 14.3 Å². The third-order valence-corrected chi connectivity index (χ3v) is 27.3. The van der Waals surface area contributed by atoms with Crippen molar-refractivity contribution in [3.8, 4) is 0 Å². The molecule has 0 saturated carbocycles. The van der Waals surface area contributed by atoms with Gasteiger partial charge in [-0.2, -0.15) is 0 Å². The van der Waals surface area contributed by atoms with Crippen LogP contribution in [0, 0.1) is 5.82 Å². The van der Waals surface area contributed by atoms with Gasteiger partial charge in [-0.05, 0) is 186 Å². The third kappa shape index (κ3) is 13.4. The van der Waals surface area contributed by atoms with E-state index in [4.69, 9.17) is 53.9 Å². The summed E-state index contributed by atoms with van der Waals surface area (Å²) >= 11 is 12.8. The summed E-state index contributed by atoms with van der Waals surface area (Å²) in [6, 6.07) is 72.9. The number of fused-ring (bicyclic) bond motifs is 35. The molecule has 138 heavy (non-hydrogen) atoms. The summed E-state index contributed by atoms with van der Waals surface area (Å²) in [6.07, 6.45) is 29.5. The molecular weight excluding hydrogens is 1760 g/mol. The molecule has 0 amide bonds. The van der Waals surface area contributed by atoms with Crippen molar-refractivity contribution in [1.82, 2.24) is 74.3 Å². The van der Waals surface area contributed by atoms with E-state index in [-0.39, 0.29) is 12.4 Å². The molecule has 5 aliphatic heterocycles. The zero-order valence-electron chi connectivity index (χ0n) is 72.9. The number of aromatic nitrogens is 15. The molecule has 656 valence electrons. The fraction of sp³-hybridized carbons (Fsp3) is 0.0536. The van der Waals surface area contributed by atoms with Crippen molar-refractivity contribution in [2.45, 2.75) is 38.6 Å². The van der Waals surface area contributed by atoms with Gasteiger partial charge in [0.1, 0.15) is 17.5 Å². The Kier molecular flexibility index (Phi) is 19.1. The normalized spacial score (nSPS) is 13.4. The SMILES string of the molecule is Clc1[nH]c2ccccc2c1C1=Nc2c(c3cccnc3c3ncccc23)C1.Clc1ccc2[nH]cc(C3=Nc4c(c5cccnc5c5ncccc45)C3)c2c1.Fc1ccc2[nH]cc(C3=Nc4c(c5cccnc5c5ncccc45)C3)c2c1.Nc1ccc2[nH]cc(C3=Nc4c(c5cccnc5c5ncccc45)C3)c2c1.O=C(O)Cn1cc(C2=Nc3c(c4cccnc4c4ncccc34)C2)c2ccccc21. The standard InChI is InChI=1S/C24H16N4O2.2C22H13ClN4.C22H13FN4.C22H15N5/c29-21(30)13-28-12-18(14-5-1-2-8-20(14)28)19-11-17-15-6-3-9-25-23(15)24-16(22(17)27-19)7-4-10-26-24;23-12-5-6-18-15(9-12)17(11-26-18)19-10-16-13-3-1-7-24-21(13)22-14(20(16)27-19)4-2-8-25-22;23-22-18(13-5-1-2-8-16(13)27-22)17-11-15-12-6-3-9-24-20(12)21-14(19(15)26-17)7-4-10-25-21;2*23-12-5-6-18-15(9-12)17(11-26-18)19-10-16-13-3-1-7-24-21(13)22-14(20(16)27-19)4-2-8-25-22/h1-10,12H,11,13H2,(H,29,30);1-9,11,26H,10H2;1-10,27H,11H2;1-9,11,26H,10H2;1-9,11,26H,10,23H2. The van der Waals surface area contributed by atoms with Crippen molar-refractivity contribution in [3.63, 3.8) is 0 Å². The van der Waals surface area contributed by atoms with E-state index in [2.05, 4.69) is 124 Å². The lowest BCUT2D eigenvalue weighted by molar-refractivity contribution is -0.137. The number of hydrogen-bond acceptors (Lipinski definition) is 17. The number of carboxylic acids is 1. The third-order valence-electron chi connectivity index (χ3n) is 26.8. The number of carboxylic acid groups (broad SMARTS) is 1. The molecule has 0 bridgehead atoms. The van der Waals surface area contributed by atoms with Gasteiger partial charge in [-0.1, -0.05) is 89.9 Å². The van der Waals surface area contributed by atoms with Gasteiger partial charge >= 0.3 is 5.97 Å². The number of benzene rings is 10. The number of anilines is 1. The Labute approximate surface area is 791 Å². The minimum atomic E-state index is -0.868. The highest BCUT2D eigenvalue weighted by atomic mass is 35.5. The van der Waals surface area contributed by atoms with Crippen LogP contribution in [-0.4, -0.2) is 114 Å². The number of aliphatic carboxylic acids is 1. The Morgan fingerprint density at radius 3 is 1.04 bits per heavy atom. The number of aliphatic imine (C=N–C) groups is 5. The summed E-state index contributed by atoms with van der Waals surface area (Å²) in [6.45, 7) is -0.0829. The molecule has 5 aliphatic rings. The van der Waals surface area contributed by atoms with Crippen LogP contribution in [0.3, 0.4) is 0 Å². The van der Waals surface area contributed by atoms with Crippen LogP contribution in [0.1, 0.15) is 55.6 Å². The number of H-pyrrole nitrogens is 4. The second-order valence-electron chi connectivity index (χ2n) is 34.5. The Hall–Kier alpha value is -17.9. The lowest BCUT2D eigenvalue weighted by Crippen LogP contribution is -2.07. The molecule has 0 spiro atoms. The predicted molar refractivity (Wildman–Crippen MR) is 552 cm³/mol. The molecule has 0 unspecified atom stereocenters. The number of nitrogens with two attached hydrogens (primary N) is 1. The highest BCUT2D eigenvalue weighted by molar-refractivity contribution is 6.37. The molecule has 15 aromatic heterocycles. The van der Waals surface area contributed by atoms with Crippen LogP contribution in [0.15, 0.2) is 336 Å². The zero-order chi connectivity index (χ0) is 92.1. The molecular formula is C112H70Cl2FN21O2. The number of nitrogens with zero attached hydrogens (tertiary/aromatic N) is 16. The van der Waals surface area contributed by atoms with Crippen molar-refractivity contribution in [2.75, 3.05) is 5.73 Å². The van der Waals surface area contributed by atoms with Gasteiger partial charge in [0, 0.05) is 266 Å². The molecule has 7 N–H and O–H groups in total. The maximum Gasteiger partial charge on any atom is 0.323 e. The number of carbonyl (C=O) groups is 1. The van der Waals surface area contributed by atoms with E-state index in [1.54, 1.807) is 47.7 Å². The molecule has 26 heteroatoms. The second-order valence-corrected chi connectivity index (χ2v) is 35.4. The summed E-state index contributed by atoms with van der Waals surface area (Å²) in [7, 11) is 0. The maximum atomic E-state index is 13.8. The molecule has 0 aliphatic carbocycles. The van der Waals surface area contributed by atoms with E-state index >= 15 is 0 Å². The number of nitrogens with one attached hydrogen (secondary N) is 4. The molecule has 0 fully saturated rings. The van der Waals surface area contributed by atoms with E-state index in [1.807, 2.05) is 207 Å². The van der Waals surface area contributed by atoms with Crippen molar-refractivity contribution in [1.29, 1.82) is 0 Å². The van der Waals surface area contributed by atoms with E-state index in [1.165, 1.54) is 22.8 Å². The van der Waals surface area contributed by atoms with Gasteiger partial charge in [-0.25, -0.2) is 4.39 Å². The van der Waals surface area contributed by atoms with Crippen molar-refractivity contribution in [3.05, 3.63) is 383 Å². The first-order chi connectivity index (χ1) is 67.9. The van der Waals surface area contributed by atoms with Crippen molar-refractivity contribution >= 4 is 255 Å². The Bertz CT molecular complexity index is 9250. The van der Waals surface area contributed by atoms with Crippen LogP contribution < -0.4 is 5.73 Å². The number of halogens is 3. The zero-order valence-corrected chi connectivity index (χ0v) is 74.4. The van der Waals surface area contributed by atoms with Crippen LogP contribution in [0.25, 0.3) is 164 Å². The molecule has 0 saturated heterocycles. The molecule has 0 atom stereocenters. The van der Waals surface area contributed by atoms with Crippen LogP contribution in [0.5, 0.6) is 0 Å². The minimum absolute atomic E-state index is 0.0829. The molecule has 23 nitrogen and oxygen atoms in total. The first kappa shape index (κ1) is 80.9. The van der Waals surface area contributed by atoms with Gasteiger partial charge in [0.15, 0.2) is 0 Å². The monoisotopic (exact) mass is 1830 g/mol. The molecule has 30 rings (SSSR count). The minimum Gasteiger partial charge on any atom is -0.480 e. The fourth-order valence-electron chi connectivity index (χ4n) is 20.8. The average Bonchev–Trinajstić information content (AvgIpc) is 1.60. The first-order valence-corrected chi connectivity index (χ1v) is 45.7.